The molecular formula is C8H12F3NO4. The first-order valence-corrected chi connectivity index (χ1v) is 4.40. The molecule has 0 saturated heterocycles. The van der Waals surface area contributed by atoms with Gasteiger partial charge in [0.25, 0.3) is 0 Å². The second-order valence-corrected chi connectivity index (χ2v) is 2.91. The Balaban J connectivity index is 4.06. The fourth-order valence-corrected chi connectivity index (χ4v) is 0.910. The Labute approximate surface area is 89.8 Å². The van der Waals surface area contributed by atoms with Gasteiger partial charge < -0.3 is 14.7 Å². The molecule has 0 aliphatic heterocycles. The van der Waals surface area contributed by atoms with Gasteiger partial charge in [0.05, 0.1) is 0 Å². The molecule has 1 amide bonds. The predicted molar refractivity (Wildman–Crippen MR) is 46.8 cm³/mol. The normalized spacial score (nSPS) is 11.2. The van der Waals surface area contributed by atoms with E-state index >= 15 is 0 Å². The molecule has 0 unspecified atom stereocenters. The number of alkyl halides is 3. The van der Waals surface area contributed by atoms with Crippen molar-refractivity contribution in [3.63, 3.8) is 0 Å². The number of aliphatic carboxylic acids is 1. The molecule has 8 heteroatoms. The number of hydrogen-bond donors (Lipinski definition) is 1. The molecule has 0 radical (unpaired) electrons. The molecule has 0 aromatic carbocycles. The summed E-state index contributed by atoms with van der Waals surface area (Å²) in [5.41, 5.74) is 0. The van der Waals surface area contributed by atoms with Crippen LogP contribution < -0.4 is 0 Å². The number of carboxylic acids is 1. The lowest BCUT2D eigenvalue weighted by Gasteiger charge is -2.21. The number of halogens is 3. The van der Waals surface area contributed by atoms with Crippen LogP contribution in [-0.2, 0) is 14.3 Å². The Morgan fingerprint density at radius 2 is 1.88 bits per heavy atom. The maximum Gasteiger partial charge on any atom is 0.406 e. The molecule has 0 aromatic heterocycles. The zero-order chi connectivity index (χ0) is 12.8. The molecule has 0 bridgehead atoms. The third kappa shape index (κ3) is 7.04. The molecule has 16 heavy (non-hydrogen) atoms. The number of carbonyl (C=O) groups excluding carboxylic acids is 1. The Hall–Kier alpha value is -1.31. The second kappa shape index (κ2) is 6.31. The Bertz CT molecular complexity index is 254. The summed E-state index contributed by atoms with van der Waals surface area (Å²) in [6, 6.07) is 0. The molecule has 0 rings (SSSR count). The molecule has 0 aliphatic carbocycles. The molecule has 0 heterocycles. The highest BCUT2D eigenvalue weighted by Crippen LogP contribution is 2.16. The lowest BCUT2D eigenvalue weighted by Crippen LogP contribution is -2.40. The van der Waals surface area contributed by atoms with Gasteiger partial charge in [-0.3, -0.25) is 4.79 Å². The highest BCUT2D eigenvalue weighted by Gasteiger charge is 2.32. The summed E-state index contributed by atoms with van der Waals surface area (Å²) in [7, 11) is 0. The number of ether oxygens (including phenoxy) is 1. The lowest BCUT2D eigenvalue weighted by molar-refractivity contribution is -0.164. The quantitative estimate of drug-likeness (QED) is 0.737. The number of amides is 1. The van der Waals surface area contributed by atoms with Gasteiger partial charge in [-0.1, -0.05) is 0 Å². The summed E-state index contributed by atoms with van der Waals surface area (Å²) in [6.07, 6.45) is -4.47. The van der Waals surface area contributed by atoms with E-state index in [9.17, 15) is 22.8 Å². The number of carbonyl (C=O) groups is 2. The van der Waals surface area contributed by atoms with Gasteiger partial charge in [-0.15, -0.1) is 0 Å². The predicted octanol–water partition coefficient (Wildman–Crippen LogP) is 0.498. The molecule has 1 N–H and O–H groups in total. The molecule has 5 nitrogen and oxygen atoms in total. The first kappa shape index (κ1) is 14.7. The van der Waals surface area contributed by atoms with E-state index in [0.29, 0.717) is 4.90 Å². The van der Waals surface area contributed by atoms with Gasteiger partial charge in [-0.05, 0) is 6.92 Å². The summed E-state index contributed by atoms with van der Waals surface area (Å²) < 4.78 is 40.3. The van der Waals surface area contributed by atoms with Crippen molar-refractivity contribution in [3.05, 3.63) is 0 Å². The minimum Gasteiger partial charge on any atom is -0.480 e. The molecule has 0 atom stereocenters. The van der Waals surface area contributed by atoms with Crippen molar-refractivity contribution >= 4 is 11.9 Å². The molecule has 0 aromatic rings. The monoisotopic (exact) mass is 243 g/mol. The Morgan fingerprint density at radius 1 is 1.31 bits per heavy atom. The minimum atomic E-state index is -4.47. The van der Waals surface area contributed by atoms with Gasteiger partial charge >= 0.3 is 12.1 Å². The van der Waals surface area contributed by atoms with Gasteiger partial charge in [0.1, 0.15) is 19.8 Å². The van der Waals surface area contributed by atoms with Crippen LogP contribution in [0.4, 0.5) is 13.2 Å². The van der Waals surface area contributed by atoms with E-state index in [2.05, 4.69) is 4.74 Å². The van der Waals surface area contributed by atoms with Crippen molar-refractivity contribution in [3.8, 4) is 0 Å². The number of hydrogen-bond acceptors (Lipinski definition) is 3. The summed E-state index contributed by atoms with van der Waals surface area (Å²) in [5.74, 6) is -2.17. The van der Waals surface area contributed by atoms with Gasteiger partial charge in [-0.2, -0.15) is 13.2 Å². The molecule has 0 spiro atoms. The number of rotatable bonds is 6. The van der Waals surface area contributed by atoms with Gasteiger partial charge in [0, 0.05) is 6.54 Å². The van der Waals surface area contributed by atoms with Crippen LogP contribution in [0.5, 0.6) is 0 Å². The fraction of sp³-hybridized carbons (Fsp3) is 0.750. The van der Waals surface area contributed by atoms with E-state index in [1.165, 1.54) is 6.92 Å². The van der Waals surface area contributed by atoms with Crippen molar-refractivity contribution in [2.45, 2.75) is 13.1 Å². The van der Waals surface area contributed by atoms with Crippen LogP contribution in [0.25, 0.3) is 0 Å². The molecule has 0 fully saturated rings. The fourth-order valence-electron chi connectivity index (χ4n) is 0.910. The largest absolute Gasteiger partial charge is 0.480 e. The van der Waals surface area contributed by atoms with Crippen molar-refractivity contribution in [2.75, 3.05) is 26.3 Å². The van der Waals surface area contributed by atoms with Crippen LogP contribution in [0.15, 0.2) is 0 Å². The summed E-state index contributed by atoms with van der Waals surface area (Å²) in [4.78, 5) is 21.7. The van der Waals surface area contributed by atoms with E-state index in [-0.39, 0.29) is 6.54 Å². The zero-order valence-corrected chi connectivity index (χ0v) is 8.58. The zero-order valence-electron chi connectivity index (χ0n) is 8.58. The summed E-state index contributed by atoms with van der Waals surface area (Å²) in [6.45, 7) is -1.47. The third-order valence-electron chi connectivity index (χ3n) is 1.56. The maximum absolute atomic E-state index is 12.0. The molecule has 0 aliphatic rings. The van der Waals surface area contributed by atoms with Crippen molar-refractivity contribution in [1.82, 2.24) is 4.90 Å². The van der Waals surface area contributed by atoms with Crippen LogP contribution in [0.3, 0.4) is 0 Å². The van der Waals surface area contributed by atoms with E-state index in [1.807, 2.05) is 0 Å². The van der Waals surface area contributed by atoms with Crippen molar-refractivity contribution in [1.29, 1.82) is 0 Å². The van der Waals surface area contributed by atoms with Crippen molar-refractivity contribution < 1.29 is 32.6 Å². The highest BCUT2D eigenvalue weighted by atomic mass is 19.4. The lowest BCUT2D eigenvalue weighted by atomic mass is 10.4. The van der Waals surface area contributed by atoms with Crippen LogP contribution in [-0.4, -0.2) is 54.4 Å². The van der Waals surface area contributed by atoms with Crippen LogP contribution in [0.1, 0.15) is 6.92 Å². The van der Waals surface area contributed by atoms with Crippen LogP contribution in [0.2, 0.25) is 0 Å². The third-order valence-corrected chi connectivity index (χ3v) is 1.56. The minimum absolute atomic E-state index is 0.116. The van der Waals surface area contributed by atoms with E-state index in [0.717, 1.165) is 0 Å². The molecular weight excluding hydrogens is 231 g/mol. The summed E-state index contributed by atoms with van der Waals surface area (Å²) >= 11 is 0. The van der Waals surface area contributed by atoms with Gasteiger partial charge in [0.2, 0.25) is 5.91 Å². The van der Waals surface area contributed by atoms with Crippen molar-refractivity contribution in [2.24, 2.45) is 0 Å². The van der Waals surface area contributed by atoms with Gasteiger partial charge in [-0.25, -0.2) is 4.79 Å². The number of nitrogens with zero attached hydrogens (tertiary/aromatic N) is 1. The van der Waals surface area contributed by atoms with Crippen LogP contribution >= 0.6 is 0 Å². The van der Waals surface area contributed by atoms with E-state index < -0.39 is 37.8 Å². The average Bonchev–Trinajstić information content (AvgIpc) is 2.11. The molecule has 0 saturated carbocycles. The van der Waals surface area contributed by atoms with Crippen LogP contribution in [0, 0.1) is 0 Å². The van der Waals surface area contributed by atoms with Gasteiger partial charge in [0.15, 0.2) is 0 Å². The SMILES string of the molecule is CCN(CC(F)(F)F)C(=O)COCC(=O)O. The summed E-state index contributed by atoms with van der Waals surface area (Å²) in [5, 5.41) is 8.18. The Morgan fingerprint density at radius 3 is 2.25 bits per heavy atom. The topological polar surface area (TPSA) is 66.8 Å². The standard InChI is InChI=1S/C8H12F3NO4/c1-2-12(5-8(9,10)11)6(13)3-16-4-7(14)15/h2-5H2,1H3,(H,14,15). The first-order chi connectivity index (χ1) is 7.26. The second-order valence-electron chi connectivity index (χ2n) is 2.91. The number of likely N-dealkylation sites (N-methyl/N-ethyl adjacent to an activating group) is 1. The Kier molecular flexibility index (Phi) is 5.79. The number of carboxylic acid groups (broad SMARTS) is 1. The maximum atomic E-state index is 12.0. The molecule has 94 valence electrons. The highest BCUT2D eigenvalue weighted by molar-refractivity contribution is 5.78. The first-order valence-electron chi connectivity index (χ1n) is 4.40. The van der Waals surface area contributed by atoms with E-state index in [4.69, 9.17) is 5.11 Å². The average molecular weight is 243 g/mol. The smallest absolute Gasteiger partial charge is 0.406 e. The van der Waals surface area contributed by atoms with E-state index in [1.54, 1.807) is 0 Å².